The van der Waals surface area contributed by atoms with E-state index in [0.717, 1.165) is 10.8 Å². The van der Waals surface area contributed by atoms with E-state index >= 15 is 0 Å². The Balaban J connectivity index is 1.71. The molecule has 0 bridgehead atoms. The predicted molar refractivity (Wildman–Crippen MR) is 95.9 cm³/mol. The minimum absolute atomic E-state index is 0.163. The molecule has 25 heavy (non-hydrogen) atoms. The van der Waals surface area contributed by atoms with E-state index in [4.69, 9.17) is 9.47 Å². The zero-order valence-corrected chi connectivity index (χ0v) is 13.7. The fourth-order valence-corrected chi connectivity index (χ4v) is 2.53. The number of methoxy groups -OCH3 is 1. The first-order valence-electron chi connectivity index (χ1n) is 7.77. The maximum atomic E-state index is 12.2. The molecule has 0 saturated heterocycles. The molecule has 0 saturated carbocycles. The molecule has 0 aromatic heterocycles. The van der Waals surface area contributed by atoms with Gasteiger partial charge in [0.05, 0.1) is 18.4 Å². The number of rotatable bonds is 5. The molecule has 0 fully saturated rings. The summed E-state index contributed by atoms with van der Waals surface area (Å²) < 4.78 is 10.4. The third kappa shape index (κ3) is 3.77. The lowest BCUT2D eigenvalue weighted by Crippen LogP contribution is -2.21. The molecule has 126 valence electrons. The van der Waals surface area contributed by atoms with E-state index in [1.165, 1.54) is 7.11 Å². The second kappa shape index (κ2) is 7.49. The van der Waals surface area contributed by atoms with Gasteiger partial charge in [-0.05, 0) is 23.6 Å². The second-order valence-electron chi connectivity index (χ2n) is 5.35. The molecule has 3 aromatic rings. The van der Waals surface area contributed by atoms with Crippen LogP contribution in [0.15, 0.2) is 66.7 Å². The van der Waals surface area contributed by atoms with Crippen LogP contribution >= 0.6 is 0 Å². The Morgan fingerprint density at radius 2 is 1.64 bits per heavy atom. The van der Waals surface area contributed by atoms with E-state index in [9.17, 15) is 9.59 Å². The van der Waals surface area contributed by atoms with Gasteiger partial charge in [-0.2, -0.15) is 0 Å². The highest BCUT2D eigenvalue weighted by molar-refractivity contribution is 6.01. The van der Waals surface area contributed by atoms with Crippen molar-refractivity contribution in [2.45, 2.75) is 0 Å². The number of nitrogens with one attached hydrogen (secondary N) is 1. The minimum atomic E-state index is -0.508. The summed E-state index contributed by atoms with van der Waals surface area (Å²) in [6.07, 6.45) is 0. The number of amides is 1. The zero-order valence-electron chi connectivity index (χ0n) is 13.7. The van der Waals surface area contributed by atoms with Crippen LogP contribution in [0.5, 0.6) is 5.75 Å². The van der Waals surface area contributed by atoms with Crippen molar-refractivity contribution in [1.82, 2.24) is 0 Å². The standard InChI is InChI=1S/C20H17NO4/c1-24-20(23)16-10-4-5-11-17(16)21-19(22)13-25-18-12-6-8-14-7-2-3-9-15(14)18/h2-12H,13H2,1H3,(H,21,22). The van der Waals surface area contributed by atoms with E-state index < -0.39 is 5.97 Å². The minimum Gasteiger partial charge on any atom is -0.483 e. The normalized spacial score (nSPS) is 10.3. The number of ether oxygens (including phenoxy) is 2. The Labute approximate surface area is 145 Å². The maximum absolute atomic E-state index is 12.2. The third-order valence-electron chi connectivity index (χ3n) is 3.71. The van der Waals surface area contributed by atoms with Crippen molar-refractivity contribution in [3.63, 3.8) is 0 Å². The molecular formula is C20H17NO4. The summed E-state index contributed by atoms with van der Waals surface area (Å²) in [5.41, 5.74) is 0.685. The van der Waals surface area contributed by atoms with Crippen molar-refractivity contribution in [3.05, 3.63) is 72.3 Å². The van der Waals surface area contributed by atoms with Crippen molar-refractivity contribution in [2.75, 3.05) is 19.0 Å². The topological polar surface area (TPSA) is 64.6 Å². The van der Waals surface area contributed by atoms with Crippen LogP contribution in [0.3, 0.4) is 0 Å². The maximum Gasteiger partial charge on any atom is 0.339 e. The van der Waals surface area contributed by atoms with Crippen LogP contribution in [0.1, 0.15) is 10.4 Å². The highest BCUT2D eigenvalue weighted by Crippen LogP contribution is 2.25. The highest BCUT2D eigenvalue weighted by atomic mass is 16.5. The van der Waals surface area contributed by atoms with Gasteiger partial charge >= 0.3 is 5.97 Å². The van der Waals surface area contributed by atoms with Crippen LogP contribution < -0.4 is 10.1 Å². The smallest absolute Gasteiger partial charge is 0.339 e. The first-order valence-corrected chi connectivity index (χ1v) is 7.77. The summed E-state index contributed by atoms with van der Waals surface area (Å²) in [4.78, 5) is 23.9. The molecule has 0 heterocycles. The molecule has 0 spiro atoms. The highest BCUT2D eigenvalue weighted by Gasteiger charge is 2.13. The van der Waals surface area contributed by atoms with Gasteiger partial charge in [-0.1, -0.05) is 48.5 Å². The molecule has 5 heteroatoms. The monoisotopic (exact) mass is 335 g/mol. The number of hydrogen-bond donors (Lipinski definition) is 1. The fraction of sp³-hybridized carbons (Fsp3) is 0.100. The number of anilines is 1. The number of para-hydroxylation sites is 1. The summed E-state index contributed by atoms with van der Waals surface area (Å²) in [6.45, 7) is -0.163. The summed E-state index contributed by atoms with van der Waals surface area (Å²) in [5, 5.41) is 4.66. The lowest BCUT2D eigenvalue weighted by atomic mass is 10.1. The first kappa shape index (κ1) is 16.5. The zero-order chi connectivity index (χ0) is 17.6. The Bertz CT molecular complexity index is 915. The van der Waals surface area contributed by atoms with Crippen molar-refractivity contribution in [3.8, 4) is 5.75 Å². The molecule has 0 radical (unpaired) electrons. The van der Waals surface area contributed by atoms with Crippen LogP contribution in [0.4, 0.5) is 5.69 Å². The summed E-state index contributed by atoms with van der Waals surface area (Å²) in [6, 6.07) is 20.1. The molecule has 0 aliphatic carbocycles. The van der Waals surface area contributed by atoms with Crippen molar-refractivity contribution in [2.24, 2.45) is 0 Å². The van der Waals surface area contributed by atoms with Crippen molar-refractivity contribution < 1.29 is 19.1 Å². The summed E-state index contributed by atoms with van der Waals surface area (Å²) in [7, 11) is 1.30. The summed E-state index contributed by atoms with van der Waals surface area (Å²) >= 11 is 0. The largest absolute Gasteiger partial charge is 0.483 e. The molecule has 3 rings (SSSR count). The van der Waals surface area contributed by atoms with E-state index in [-0.39, 0.29) is 12.5 Å². The van der Waals surface area contributed by atoms with Crippen LogP contribution in [-0.4, -0.2) is 25.6 Å². The third-order valence-corrected chi connectivity index (χ3v) is 3.71. The van der Waals surface area contributed by atoms with E-state index in [1.54, 1.807) is 24.3 Å². The van der Waals surface area contributed by atoms with Gasteiger partial charge in [-0.15, -0.1) is 0 Å². The quantitative estimate of drug-likeness (QED) is 0.723. The molecule has 0 aliphatic rings. The average Bonchev–Trinajstić information content (AvgIpc) is 2.66. The second-order valence-corrected chi connectivity index (χ2v) is 5.35. The molecule has 1 N–H and O–H groups in total. The average molecular weight is 335 g/mol. The number of carbonyl (C=O) groups excluding carboxylic acids is 2. The lowest BCUT2D eigenvalue weighted by Gasteiger charge is -2.11. The van der Waals surface area contributed by atoms with Gasteiger partial charge in [-0.25, -0.2) is 4.79 Å². The Morgan fingerprint density at radius 1 is 0.920 bits per heavy atom. The van der Waals surface area contributed by atoms with E-state index in [0.29, 0.717) is 17.0 Å². The molecule has 3 aromatic carbocycles. The summed E-state index contributed by atoms with van der Waals surface area (Å²) in [5.74, 6) is -0.232. The number of esters is 1. The molecule has 0 aliphatic heterocycles. The van der Waals surface area contributed by atoms with E-state index in [1.807, 2.05) is 42.5 Å². The van der Waals surface area contributed by atoms with Gasteiger partial charge in [0, 0.05) is 5.39 Å². The van der Waals surface area contributed by atoms with Crippen LogP contribution in [0.25, 0.3) is 10.8 Å². The Morgan fingerprint density at radius 3 is 2.48 bits per heavy atom. The molecule has 5 nitrogen and oxygen atoms in total. The van der Waals surface area contributed by atoms with Crippen LogP contribution in [0, 0.1) is 0 Å². The number of fused-ring (bicyclic) bond motifs is 1. The van der Waals surface area contributed by atoms with Crippen molar-refractivity contribution in [1.29, 1.82) is 0 Å². The first-order chi connectivity index (χ1) is 12.2. The van der Waals surface area contributed by atoms with Gasteiger partial charge in [0.2, 0.25) is 0 Å². The fourth-order valence-electron chi connectivity index (χ4n) is 2.53. The predicted octanol–water partition coefficient (Wildman–Crippen LogP) is 3.64. The molecule has 0 atom stereocenters. The Kier molecular flexibility index (Phi) is 4.95. The number of carbonyl (C=O) groups is 2. The molecule has 0 unspecified atom stereocenters. The van der Waals surface area contributed by atoms with Crippen LogP contribution in [-0.2, 0) is 9.53 Å². The van der Waals surface area contributed by atoms with Gasteiger partial charge in [-0.3, -0.25) is 4.79 Å². The molecular weight excluding hydrogens is 318 g/mol. The number of hydrogen-bond acceptors (Lipinski definition) is 4. The molecule has 1 amide bonds. The SMILES string of the molecule is COC(=O)c1ccccc1NC(=O)COc1cccc2ccccc12. The van der Waals surface area contributed by atoms with Gasteiger partial charge in [0.1, 0.15) is 5.75 Å². The lowest BCUT2D eigenvalue weighted by molar-refractivity contribution is -0.118. The van der Waals surface area contributed by atoms with Crippen molar-refractivity contribution >= 4 is 28.3 Å². The van der Waals surface area contributed by atoms with E-state index in [2.05, 4.69) is 5.32 Å². The number of benzene rings is 3. The van der Waals surface area contributed by atoms with Gasteiger partial charge in [0.25, 0.3) is 5.91 Å². The van der Waals surface area contributed by atoms with Crippen LogP contribution in [0.2, 0.25) is 0 Å². The van der Waals surface area contributed by atoms with Gasteiger partial charge in [0.15, 0.2) is 6.61 Å². The van der Waals surface area contributed by atoms with Gasteiger partial charge < -0.3 is 14.8 Å². The Hall–Kier alpha value is -3.34.